The van der Waals surface area contributed by atoms with Gasteiger partial charge in [-0.1, -0.05) is 11.6 Å². The molecule has 0 amide bonds. The number of hydrazone groups is 1. The van der Waals surface area contributed by atoms with Gasteiger partial charge in [0, 0.05) is 0 Å². The first-order chi connectivity index (χ1) is 11.0. The van der Waals surface area contributed by atoms with E-state index in [-0.39, 0.29) is 18.4 Å². The first kappa shape index (κ1) is 16.8. The molecule has 0 aliphatic carbocycles. The summed E-state index contributed by atoms with van der Waals surface area (Å²) in [6.07, 6.45) is 2.89. The van der Waals surface area contributed by atoms with E-state index >= 15 is 0 Å². The minimum atomic E-state index is -0.282. The lowest BCUT2D eigenvalue weighted by molar-refractivity contribution is 0.345. The van der Waals surface area contributed by atoms with Crippen molar-refractivity contribution in [1.82, 2.24) is 9.97 Å². The lowest BCUT2D eigenvalue weighted by atomic mass is 10.2. The molecule has 0 unspecified atom stereocenters. The van der Waals surface area contributed by atoms with Crippen LogP contribution >= 0.6 is 11.6 Å². The van der Waals surface area contributed by atoms with Crippen molar-refractivity contribution in [3.63, 3.8) is 0 Å². The van der Waals surface area contributed by atoms with Crippen molar-refractivity contribution in [2.75, 3.05) is 6.61 Å². The molecule has 0 spiro atoms. The molecule has 1 aromatic carbocycles. The Morgan fingerprint density at radius 2 is 2.22 bits per heavy atom. The zero-order chi connectivity index (χ0) is 16.8. The summed E-state index contributed by atoms with van der Waals surface area (Å²) < 4.78 is 18.6. The zero-order valence-electron chi connectivity index (χ0n) is 12.6. The molecule has 2 rings (SSSR count). The molecule has 0 fully saturated rings. The maximum atomic E-state index is 13.2. The van der Waals surface area contributed by atoms with Crippen LogP contribution in [0.15, 0.2) is 34.5 Å². The van der Waals surface area contributed by atoms with E-state index in [1.165, 1.54) is 18.5 Å². The largest absolute Gasteiger partial charge is 0.457 e. The summed E-state index contributed by atoms with van der Waals surface area (Å²) in [4.78, 5) is 12.2. The standard InChI is InChI=1S/C15H15ClFN5O/c1-9-5-11(3-4-14(9)17)19-6-12(22-18)8-23-15-20-7-13(16)10(2)21-15/h3-7H,8,18H2,1-2H3. The number of aliphatic imine (C=N–C) groups is 1. The molecule has 23 heavy (non-hydrogen) atoms. The fourth-order valence-electron chi connectivity index (χ4n) is 1.61. The van der Waals surface area contributed by atoms with Crippen LogP contribution in [0.2, 0.25) is 5.02 Å². The Hall–Kier alpha value is -2.54. The van der Waals surface area contributed by atoms with Gasteiger partial charge in [-0.25, -0.2) is 9.37 Å². The van der Waals surface area contributed by atoms with Gasteiger partial charge in [0.05, 0.1) is 28.8 Å². The molecule has 1 aromatic heterocycles. The predicted octanol–water partition coefficient (Wildman–Crippen LogP) is 2.98. The van der Waals surface area contributed by atoms with Crippen LogP contribution in [-0.4, -0.2) is 28.5 Å². The third-order valence-corrected chi connectivity index (χ3v) is 3.29. The summed E-state index contributed by atoms with van der Waals surface area (Å²) >= 11 is 5.84. The van der Waals surface area contributed by atoms with Gasteiger partial charge < -0.3 is 10.6 Å². The van der Waals surface area contributed by atoms with Crippen LogP contribution in [-0.2, 0) is 0 Å². The van der Waals surface area contributed by atoms with E-state index in [4.69, 9.17) is 22.2 Å². The molecule has 0 aliphatic heterocycles. The van der Waals surface area contributed by atoms with Crippen LogP contribution in [0, 0.1) is 19.7 Å². The molecule has 0 saturated heterocycles. The second kappa shape index (κ2) is 7.64. The number of nitrogens with zero attached hydrogens (tertiary/aromatic N) is 4. The second-order valence-electron chi connectivity index (χ2n) is 4.69. The van der Waals surface area contributed by atoms with Gasteiger partial charge in [-0.3, -0.25) is 4.99 Å². The van der Waals surface area contributed by atoms with Gasteiger partial charge in [-0.2, -0.15) is 10.1 Å². The maximum absolute atomic E-state index is 13.2. The molecular formula is C15H15ClFN5O. The fraction of sp³-hybridized carbons (Fsp3) is 0.200. The van der Waals surface area contributed by atoms with Gasteiger partial charge in [-0.15, -0.1) is 0 Å². The van der Waals surface area contributed by atoms with Gasteiger partial charge in [-0.05, 0) is 37.6 Å². The molecule has 0 atom stereocenters. The summed E-state index contributed by atoms with van der Waals surface area (Å²) in [6, 6.07) is 4.69. The van der Waals surface area contributed by atoms with Crippen molar-refractivity contribution < 1.29 is 9.13 Å². The smallest absolute Gasteiger partial charge is 0.317 e. The molecular weight excluding hydrogens is 321 g/mol. The summed E-state index contributed by atoms with van der Waals surface area (Å²) in [6.45, 7) is 3.45. The van der Waals surface area contributed by atoms with Crippen molar-refractivity contribution in [3.05, 3.63) is 46.5 Å². The molecule has 8 heteroatoms. The molecule has 0 saturated carbocycles. The topological polar surface area (TPSA) is 85.8 Å². The Morgan fingerprint density at radius 1 is 1.43 bits per heavy atom. The highest BCUT2D eigenvalue weighted by Gasteiger charge is 2.04. The first-order valence-electron chi connectivity index (χ1n) is 6.68. The van der Waals surface area contributed by atoms with E-state index in [9.17, 15) is 4.39 Å². The Balaban J connectivity index is 2.01. The number of ether oxygens (including phenoxy) is 1. The van der Waals surface area contributed by atoms with Gasteiger partial charge in [0.25, 0.3) is 0 Å². The van der Waals surface area contributed by atoms with Gasteiger partial charge in [0.1, 0.15) is 18.1 Å². The molecule has 120 valence electrons. The number of hydrogen-bond donors (Lipinski definition) is 1. The van der Waals surface area contributed by atoms with E-state index in [0.29, 0.717) is 27.7 Å². The number of nitrogens with two attached hydrogens (primary N) is 1. The van der Waals surface area contributed by atoms with Crippen molar-refractivity contribution in [3.8, 4) is 6.01 Å². The monoisotopic (exact) mass is 335 g/mol. The van der Waals surface area contributed by atoms with Gasteiger partial charge >= 0.3 is 6.01 Å². The Morgan fingerprint density at radius 3 is 2.87 bits per heavy atom. The molecule has 6 nitrogen and oxygen atoms in total. The molecule has 2 aromatic rings. The number of hydrogen-bond acceptors (Lipinski definition) is 6. The summed E-state index contributed by atoms with van der Waals surface area (Å²) in [5.74, 6) is 5.02. The summed E-state index contributed by atoms with van der Waals surface area (Å²) in [7, 11) is 0. The SMILES string of the molecule is Cc1cc(N=CC(COc2ncc(Cl)c(C)n2)=NN)ccc1F. The maximum Gasteiger partial charge on any atom is 0.317 e. The molecule has 1 heterocycles. The third-order valence-electron chi connectivity index (χ3n) is 2.92. The van der Waals surface area contributed by atoms with Crippen LogP contribution in [0.5, 0.6) is 6.01 Å². The van der Waals surface area contributed by atoms with Gasteiger partial charge in [0.2, 0.25) is 0 Å². The number of aryl methyl sites for hydroxylation is 2. The second-order valence-corrected chi connectivity index (χ2v) is 5.09. The lowest BCUT2D eigenvalue weighted by Crippen LogP contribution is -2.16. The average molecular weight is 336 g/mol. The van der Waals surface area contributed by atoms with Crippen molar-refractivity contribution in [1.29, 1.82) is 0 Å². The molecule has 2 N–H and O–H groups in total. The van der Waals surface area contributed by atoms with Crippen LogP contribution in [0.25, 0.3) is 0 Å². The van der Waals surface area contributed by atoms with Crippen LogP contribution in [0.4, 0.5) is 10.1 Å². The highest BCUT2D eigenvalue weighted by molar-refractivity contribution is 6.31. The summed E-state index contributed by atoms with van der Waals surface area (Å²) in [5, 5.41) is 4.04. The van der Waals surface area contributed by atoms with Crippen LogP contribution in [0.3, 0.4) is 0 Å². The molecule has 0 radical (unpaired) electrons. The Kier molecular flexibility index (Phi) is 5.59. The number of aromatic nitrogens is 2. The lowest BCUT2D eigenvalue weighted by Gasteiger charge is -2.05. The van der Waals surface area contributed by atoms with Crippen LogP contribution < -0.4 is 10.6 Å². The van der Waals surface area contributed by atoms with Crippen molar-refractivity contribution in [2.24, 2.45) is 15.9 Å². The third kappa shape index (κ3) is 4.72. The number of benzene rings is 1. The average Bonchev–Trinajstić information content (AvgIpc) is 2.54. The molecule has 0 bridgehead atoms. The van der Waals surface area contributed by atoms with E-state index in [1.807, 2.05) is 0 Å². The highest BCUT2D eigenvalue weighted by Crippen LogP contribution is 2.16. The summed E-state index contributed by atoms with van der Waals surface area (Å²) in [5.41, 5.74) is 2.08. The number of halogens is 2. The predicted molar refractivity (Wildman–Crippen MR) is 88.2 cm³/mol. The van der Waals surface area contributed by atoms with E-state index in [0.717, 1.165) is 0 Å². The normalized spacial score (nSPS) is 11.9. The van der Waals surface area contributed by atoms with E-state index in [1.54, 1.807) is 26.0 Å². The van der Waals surface area contributed by atoms with Crippen molar-refractivity contribution >= 4 is 29.2 Å². The highest BCUT2D eigenvalue weighted by atomic mass is 35.5. The van der Waals surface area contributed by atoms with Crippen molar-refractivity contribution in [2.45, 2.75) is 13.8 Å². The minimum Gasteiger partial charge on any atom is -0.457 e. The quantitative estimate of drug-likeness (QED) is 0.517. The zero-order valence-corrected chi connectivity index (χ0v) is 13.4. The first-order valence-corrected chi connectivity index (χ1v) is 7.06. The van der Waals surface area contributed by atoms with E-state index in [2.05, 4.69) is 20.1 Å². The van der Waals surface area contributed by atoms with Gasteiger partial charge in [0.15, 0.2) is 0 Å². The minimum absolute atomic E-state index is 0.0429. The molecule has 0 aliphatic rings. The van der Waals surface area contributed by atoms with Crippen LogP contribution in [0.1, 0.15) is 11.3 Å². The fourth-order valence-corrected chi connectivity index (χ4v) is 1.70. The Bertz CT molecular complexity index is 764. The van der Waals surface area contributed by atoms with E-state index < -0.39 is 0 Å². The number of rotatable bonds is 5. The Labute approximate surface area is 137 Å².